The minimum Gasteiger partial charge on any atom is -0.358 e. The SMILES string of the molecule is Cc1[nH]c2ccc([N+](=O)[O-])cc2c1C=NNC(=O)/C(=C\c1ccccc1)NC(=O)c1ccccc1. The van der Waals surface area contributed by atoms with Crippen molar-refractivity contribution in [2.75, 3.05) is 0 Å². The Morgan fingerprint density at radius 1 is 1.00 bits per heavy atom. The van der Waals surface area contributed by atoms with Gasteiger partial charge < -0.3 is 10.3 Å². The standard InChI is InChI=1S/C26H21N5O4/c1-17-22(21-15-20(31(34)35)12-13-23(21)28-17)16-27-30-26(33)24(14-18-8-4-2-5-9-18)29-25(32)19-10-6-3-7-11-19/h2-16,28H,1H3,(H,29,32)(H,30,33)/b24-14+,27-16?. The van der Waals surface area contributed by atoms with Crippen LogP contribution in [0.15, 0.2) is 89.7 Å². The van der Waals surface area contributed by atoms with E-state index in [1.165, 1.54) is 18.3 Å². The number of rotatable bonds is 7. The van der Waals surface area contributed by atoms with Crippen LogP contribution in [-0.4, -0.2) is 27.9 Å². The third kappa shape index (κ3) is 5.48. The van der Waals surface area contributed by atoms with Crippen molar-refractivity contribution in [3.8, 4) is 0 Å². The van der Waals surface area contributed by atoms with Crippen molar-refractivity contribution in [3.63, 3.8) is 0 Å². The Labute approximate surface area is 200 Å². The van der Waals surface area contributed by atoms with Gasteiger partial charge in [-0.1, -0.05) is 48.5 Å². The average Bonchev–Trinajstić information content (AvgIpc) is 3.18. The number of aromatic nitrogens is 1. The third-order valence-electron chi connectivity index (χ3n) is 5.23. The summed E-state index contributed by atoms with van der Waals surface area (Å²) in [4.78, 5) is 39.4. The van der Waals surface area contributed by atoms with Crippen LogP contribution in [0.4, 0.5) is 5.69 Å². The summed E-state index contributed by atoms with van der Waals surface area (Å²) in [7, 11) is 0. The first-order valence-electron chi connectivity index (χ1n) is 10.7. The van der Waals surface area contributed by atoms with E-state index >= 15 is 0 Å². The van der Waals surface area contributed by atoms with E-state index in [2.05, 4.69) is 20.8 Å². The lowest BCUT2D eigenvalue weighted by atomic mass is 10.1. The van der Waals surface area contributed by atoms with Crippen LogP contribution in [0.5, 0.6) is 0 Å². The van der Waals surface area contributed by atoms with Crippen LogP contribution in [-0.2, 0) is 4.79 Å². The highest BCUT2D eigenvalue weighted by atomic mass is 16.6. The fraction of sp³-hybridized carbons (Fsp3) is 0.0385. The molecule has 4 rings (SSSR count). The number of hydrogen-bond acceptors (Lipinski definition) is 5. The summed E-state index contributed by atoms with van der Waals surface area (Å²) in [5.74, 6) is -1.07. The smallest absolute Gasteiger partial charge is 0.287 e. The lowest BCUT2D eigenvalue weighted by Crippen LogP contribution is -2.32. The molecule has 0 spiro atoms. The van der Waals surface area contributed by atoms with Crippen LogP contribution in [0.3, 0.4) is 0 Å². The van der Waals surface area contributed by atoms with E-state index in [1.807, 2.05) is 18.2 Å². The number of nitrogens with one attached hydrogen (secondary N) is 3. The molecule has 0 atom stereocenters. The number of nitro groups is 1. The lowest BCUT2D eigenvalue weighted by molar-refractivity contribution is -0.384. The molecular weight excluding hydrogens is 446 g/mol. The monoisotopic (exact) mass is 467 g/mol. The number of hydrazone groups is 1. The molecule has 0 saturated heterocycles. The first-order valence-corrected chi connectivity index (χ1v) is 10.7. The number of carbonyl (C=O) groups excluding carboxylic acids is 2. The van der Waals surface area contributed by atoms with Gasteiger partial charge in [0.2, 0.25) is 0 Å². The molecule has 3 aromatic carbocycles. The maximum Gasteiger partial charge on any atom is 0.287 e. The third-order valence-corrected chi connectivity index (χ3v) is 5.23. The second kappa shape index (κ2) is 10.3. The fourth-order valence-corrected chi connectivity index (χ4v) is 3.49. The van der Waals surface area contributed by atoms with Crippen molar-refractivity contribution >= 4 is 40.7 Å². The molecule has 2 amide bonds. The number of carbonyl (C=O) groups is 2. The molecule has 0 aliphatic rings. The Morgan fingerprint density at radius 3 is 2.37 bits per heavy atom. The van der Waals surface area contributed by atoms with E-state index < -0.39 is 16.7 Å². The van der Waals surface area contributed by atoms with Crippen molar-refractivity contribution in [2.45, 2.75) is 6.92 Å². The predicted molar refractivity (Wildman–Crippen MR) is 134 cm³/mol. The normalized spacial score (nSPS) is 11.5. The first kappa shape index (κ1) is 23.1. The van der Waals surface area contributed by atoms with Gasteiger partial charge in [-0.25, -0.2) is 5.43 Å². The molecule has 0 aliphatic heterocycles. The first-order chi connectivity index (χ1) is 16.9. The second-order valence-corrected chi connectivity index (χ2v) is 7.64. The molecule has 3 N–H and O–H groups in total. The number of amides is 2. The number of benzene rings is 3. The molecule has 4 aromatic rings. The highest BCUT2D eigenvalue weighted by Gasteiger charge is 2.15. The Kier molecular flexibility index (Phi) is 6.78. The Morgan fingerprint density at radius 2 is 1.69 bits per heavy atom. The molecule has 0 aliphatic carbocycles. The maximum absolute atomic E-state index is 12.9. The molecule has 9 nitrogen and oxygen atoms in total. The molecular formula is C26H21N5O4. The fourth-order valence-electron chi connectivity index (χ4n) is 3.49. The van der Waals surface area contributed by atoms with Crippen LogP contribution in [0.2, 0.25) is 0 Å². The zero-order valence-electron chi connectivity index (χ0n) is 18.7. The Bertz CT molecular complexity index is 1460. The van der Waals surface area contributed by atoms with E-state index in [0.717, 1.165) is 11.3 Å². The Balaban J connectivity index is 1.58. The molecule has 0 saturated carbocycles. The summed E-state index contributed by atoms with van der Waals surface area (Å²) in [6.07, 6.45) is 2.96. The van der Waals surface area contributed by atoms with Crippen LogP contribution in [0.25, 0.3) is 17.0 Å². The van der Waals surface area contributed by atoms with Gasteiger partial charge in [0.1, 0.15) is 5.70 Å². The zero-order chi connectivity index (χ0) is 24.8. The molecule has 1 aromatic heterocycles. The van der Waals surface area contributed by atoms with Gasteiger partial charge in [0.05, 0.1) is 11.1 Å². The molecule has 35 heavy (non-hydrogen) atoms. The molecule has 0 unspecified atom stereocenters. The van der Waals surface area contributed by atoms with Gasteiger partial charge in [-0.2, -0.15) is 5.10 Å². The van der Waals surface area contributed by atoms with Crippen LogP contribution < -0.4 is 10.7 Å². The summed E-state index contributed by atoms with van der Waals surface area (Å²) in [5.41, 5.74) is 5.55. The predicted octanol–water partition coefficient (Wildman–Crippen LogP) is 4.31. The average molecular weight is 467 g/mol. The van der Waals surface area contributed by atoms with Crippen LogP contribution in [0.1, 0.15) is 27.2 Å². The summed E-state index contributed by atoms with van der Waals surface area (Å²) >= 11 is 0. The van der Waals surface area contributed by atoms with Gasteiger partial charge in [0, 0.05) is 39.9 Å². The van der Waals surface area contributed by atoms with Crippen molar-refractivity contribution < 1.29 is 14.5 Å². The van der Waals surface area contributed by atoms with Gasteiger partial charge in [-0.15, -0.1) is 0 Å². The summed E-state index contributed by atoms with van der Waals surface area (Å²) in [6, 6.07) is 22.1. The quantitative estimate of drug-likeness (QED) is 0.162. The number of aromatic amines is 1. The van der Waals surface area contributed by atoms with E-state index in [0.29, 0.717) is 22.0 Å². The van der Waals surface area contributed by atoms with E-state index in [-0.39, 0.29) is 11.4 Å². The van der Waals surface area contributed by atoms with Gasteiger partial charge in [0.15, 0.2) is 0 Å². The van der Waals surface area contributed by atoms with Crippen molar-refractivity contribution in [1.29, 1.82) is 0 Å². The van der Waals surface area contributed by atoms with E-state index in [9.17, 15) is 19.7 Å². The number of fused-ring (bicyclic) bond motifs is 1. The van der Waals surface area contributed by atoms with Crippen molar-refractivity contribution in [2.24, 2.45) is 5.10 Å². The molecule has 0 fully saturated rings. The zero-order valence-corrected chi connectivity index (χ0v) is 18.7. The second-order valence-electron chi connectivity index (χ2n) is 7.64. The summed E-state index contributed by atoms with van der Waals surface area (Å²) in [5, 5.41) is 18.4. The molecule has 174 valence electrons. The number of aryl methyl sites for hydroxylation is 1. The Hall–Kier alpha value is -5.05. The molecule has 0 bridgehead atoms. The van der Waals surface area contributed by atoms with Gasteiger partial charge in [-0.05, 0) is 36.8 Å². The number of H-pyrrole nitrogens is 1. The van der Waals surface area contributed by atoms with Crippen molar-refractivity contribution in [1.82, 2.24) is 15.7 Å². The van der Waals surface area contributed by atoms with Gasteiger partial charge in [0.25, 0.3) is 17.5 Å². The minimum atomic E-state index is -0.627. The number of hydrogen-bond donors (Lipinski definition) is 3. The number of non-ortho nitro benzene ring substituents is 1. The summed E-state index contributed by atoms with van der Waals surface area (Å²) < 4.78 is 0. The van der Waals surface area contributed by atoms with E-state index in [1.54, 1.807) is 61.5 Å². The van der Waals surface area contributed by atoms with Gasteiger partial charge >= 0.3 is 0 Å². The number of nitro benzene ring substituents is 1. The van der Waals surface area contributed by atoms with Crippen LogP contribution in [0, 0.1) is 17.0 Å². The molecule has 9 heteroatoms. The highest BCUT2D eigenvalue weighted by Crippen LogP contribution is 2.25. The molecule has 1 heterocycles. The highest BCUT2D eigenvalue weighted by molar-refractivity contribution is 6.06. The topological polar surface area (TPSA) is 129 Å². The minimum absolute atomic E-state index is 0.00786. The summed E-state index contributed by atoms with van der Waals surface area (Å²) in [6.45, 7) is 1.80. The van der Waals surface area contributed by atoms with Crippen LogP contribution >= 0.6 is 0 Å². The largest absolute Gasteiger partial charge is 0.358 e. The van der Waals surface area contributed by atoms with E-state index in [4.69, 9.17) is 0 Å². The maximum atomic E-state index is 12.9. The number of nitrogens with zero attached hydrogens (tertiary/aromatic N) is 2. The lowest BCUT2D eigenvalue weighted by Gasteiger charge is -2.09. The van der Waals surface area contributed by atoms with Crippen molar-refractivity contribution in [3.05, 3.63) is 117 Å². The molecule has 0 radical (unpaired) electrons. The van der Waals surface area contributed by atoms with Gasteiger partial charge in [-0.3, -0.25) is 19.7 Å².